The lowest BCUT2D eigenvalue weighted by Crippen LogP contribution is -2.31. The Bertz CT molecular complexity index is 402. The van der Waals surface area contributed by atoms with Crippen LogP contribution >= 0.6 is 0 Å². The molecule has 2 heteroatoms. The molecule has 0 spiro atoms. The van der Waals surface area contributed by atoms with E-state index in [1.807, 2.05) is 18.3 Å². The Hall–Kier alpha value is -1.05. The molecule has 100 valence electrons. The molecule has 0 aliphatic heterocycles. The number of hydrogen-bond donors (Lipinski definition) is 0. The predicted molar refractivity (Wildman–Crippen MR) is 74.8 cm³/mol. The highest BCUT2D eigenvalue weighted by atomic mass is 16.5. The fourth-order valence-corrected chi connectivity index (χ4v) is 3.07. The average molecular weight is 247 g/mol. The van der Waals surface area contributed by atoms with E-state index in [4.69, 9.17) is 4.74 Å². The molecule has 2 atom stereocenters. The summed E-state index contributed by atoms with van der Waals surface area (Å²) in [4.78, 5) is 4.27. The number of hydrogen-bond acceptors (Lipinski definition) is 2. The molecule has 2 nitrogen and oxygen atoms in total. The van der Waals surface area contributed by atoms with Gasteiger partial charge in [-0.15, -0.1) is 0 Å². The smallest absolute Gasteiger partial charge is 0.213 e. The van der Waals surface area contributed by atoms with Crippen molar-refractivity contribution in [3.05, 3.63) is 23.9 Å². The second kappa shape index (κ2) is 5.29. The molecule has 0 aromatic carbocycles. The molecule has 1 aliphatic carbocycles. The standard InChI is InChI=1S/C16H25NO/c1-12(2)16(4)8-5-6-14(16)11-18-15-10-13(3)7-9-17-15/h7,9-10,12,14H,5-6,8,11H2,1-4H3/t14-,16+/m1/s1. The van der Waals surface area contributed by atoms with Gasteiger partial charge < -0.3 is 4.74 Å². The van der Waals surface area contributed by atoms with Gasteiger partial charge in [-0.1, -0.05) is 27.2 Å². The van der Waals surface area contributed by atoms with Crippen molar-refractivity contribution in [1.29, 1.82) is 0 Å². The summed E-state index contributed by atoms with van der Waals surface area (Å²) in [5, 5.41) is 0. The number of aryl methyl sites for hydroxylation is 1. The SMILES string of the molecule is Cc1ccnc(OC[C@H]2CCC[C@@]2(C)C(C)C)c1. The van der Waals surface area contributed by atoms with E-state index < -0.39 is 0 Å². The second-order valence-corrected chi connectivity index (χ2v) is 6.23. The van der Waals surface area contributed by atoms with Gasteiger partial charge in [0.15, 0.2) is 0 Å². The first-order chi connectivity index (χ1) is 8.52. The third-order valence-electron chi connectivity index (χ3n) is 4.84. The summed E-state index contributed by atoms with van der Waals surface area (Å²) in [6.07, 6.45) is 5.78. The first-order valence-corrected chi connectivity index (χ1v) is 7.08. The molecule has 1 saturated carbocycles. The van der Waals surface area contributed by atoms with Crippen molar-refractivity contribution in [2.45, 2.75) is 47.0 Å². The number of pyridine rings is 1. The maximum atomic E-state index is 5.91. The summed E-state index contributed by atoms with van der Waals surface area (Å²) in [5.74, 6) is 2.16. The van der Waals surface area contributed by atoms with Gasteiger partial charge in [0.1, 0.15) is 0 Å². The quantitative estimate of drug-likeness (QED) is 0.794. The van der Waals surface area contributed by atoms with Crippen molar-refractivity contribution >= 4 is 0 Å². The Morgan fingerprint density at radius 1 is 1.50 bits per heavy atom. The van der Waals surface area contributed by atoms with Crippen molar-refractivity contribution in [3.8, 4) is 5.88 Å². The van der Waals surface area contributed by atoms with Gasteiger partial charge in [0.2, 0.25) is 5.88 Å². The first-order valence-electron chi connectivity index (χ1n) is 7.08. The summed E-state index contributed by atoms with van der Waals surface area (Å²) in [6.45, 7) is 9.97. The minimum Gasteiger partial charge on any atom is -0.477 e. The third-order valence-corrected chi connectivity index (χ3v) is 4.84. The summed E-state index contributed by atoms with van der Waals surface area (Å²) >= 11 is 0. The van der Waals surface area contributed by atoms with Crippen LogP contribution in [0.25, 0.3) is 0 Å². The molecule has 0 unspecified atom stereocenters. The molecular weight excluding hydrogens is 222 g/mol. The van der Waals surface area contributed by atoms with Crippen molar-refractivity contribution in [2.75, 3.05) is 6.61 Å². The largest absolute Gasteiger partial charge is 0.477 e. The molecule has 1 fully saturated rings. The van der Waals surface area contributed by atoms with Crippen molar-refractivity contribution in [3.63, 3.8) is 0 Å². The molecule has 2 rings (SSSR count). The van der Waals surface area contributed by atoms with Gasteiger partial charge in [0, 0.05) is 12.3 Å². The predicted octanol–water partition coefficient (Wildman–Crippen LogP) is 4.23. The number of ether oxygens (including phenoxy) is 1. The molecule has 1 aromatic heterocycles. The van der Waals surface area contributed by atoms with E-state index >= 15 is 0 Å². The fraction of sp³-hybridized carbons (Fsp3) is 0.688. The molecule has 0 saturated heterocycles. The molecule has 1 aliphatic rings. The van der Waals surface area contributed by atoms with E-state index in [1.165, 1.54) is 24.8 Å². The van der Waals surface area contributed by atoms with Crippen LogP contribution in [0.2, 0.25) is 0 Å². The molecule has 0 N–H and O–H groups in total. The Labute approximate surface area is 111 Å². The Kier molecular flexibility index (Phi) is 3.94. The maximum absolute atomic E-state index is 5.91. The lowest BCUT2D eigenvalue weighted by atomic mass is 9.71. The topological polar surface area (TPSA) is 22.1 Å². The van der Waals surface area contributed by atoms with Crippen LogP contribution < -0.4 is 4.74 Å². The van der Waals surface area contributed by atoms with Crippen LogP contribution in [0.1, 0.15) is 45.6 Å². The zero-order valence-electron chi connectivity index (χ0n) is 12.1. The molecular formula is C16H25NO. The fourth-order valence-electron chi connectivity index (χ4n) is 3.07. The maximum Gasteiger partial charge on any atom is 0.213 e. The molecule has 18 heavy (non-hydrogen) atoms. The van der Waals surface area contributed by atoms with Crippen LogP contribution in [-0.4, -0.2) is 11.6 Å². The minimum absolute atomic E-state index is 0.434. The zero-order chi connectivity index (χ0) is 13.2. The highest BCUT2D eigenvalue weighted by Gasteiger charge is 2.41. The Balaban J connectivity index is 1.98. The van der Waals surface area contributed by atoms with E-state index in [-0.39, 0.29) is 0 Å². The van der Waals surface area contributed by atoms with Crippen molar-refractivity contribution in [1.82, 2.24) is 4.98 Å². The third kappa shape index (κ3) is 2.68. The monoisotopic (exact) mass is 247 g/mol. The van der Waals surface area contributed by atoms with E-state index in [9.17, 15) is 0 Å². The van der Waals surface area contributed by atoms with Gasteiger partial charge in [0.25, 0.3) is 0 Å². The number of nitrogens with zero attached hydrogens (tertiary/aromatic N) is 1. The molecule has 0 bridgehead atoms. The van der Waals surface area contributed by atoms with E-state index in [1.54, 1.807) is 0 Å². The van der Waals surface area contributed by atoms with E-state index in [2.05, 4.69) is 32.7 Å². The van der Waals surface area contributed by atoms with Crippen LogP contribution in [0.3, 0.4) is 0 Å². The summed E-state index contributed by atoms with van der Waals surface area (Å²) in [6, 6.07) is 4.02. The molecule has 1 heterocycles. The summed E-state index contributed by atoms with van der Waals surface area (Å²) < 4.78 is 5.91. The van der Waals surface area contributed by atoms with Crippen LogP contribution in [0.4, 0.5) is 0 Å². The van der Waals surface area contributed by atoms with Gasteiger partial charge in [-0.2, -0.15) is 0 Å². The van der Waals surface area contributed by atoms with Crippen molar-refractivity contribution < 1.29 is 4.74 Å². The first kappa shape index (κ1) is 13.4. The van der Waals surface area contributed by atoms with Crippen LogP contribution in [0.15, 0.2) is 18.3 Å². The van der Waals surface area contributed by atoms with Gasteiger partial charge in [-0.25, -0.2) is 4.98 Å². The highest BCUT2D eigenvalue weighted by molar-refractivity contribution is 5.18. The summed E-state index contributed by atoms with van der Waals surface area (Å²) in [5.41, 5.74) is 1.64. The second-order valence-electron chi connectivity index (χ2n) is 6.23. The molecule has 0 amide bonds. The molecule has 1 aromatic rings. The van der Waals surface area contributed by atoms with Crippen LogP contribution in [-0.2, 0) is 0 Å². The van der Waals surface area contributed by atoms with Gasteiger partial charge in [-0.3, -0.25) is 0 Å². The lowest BCUT2D eigenvalue weighted by molar-refractivity contribution is 0.0963. The van der Waals surface area contributed by atoms with E-state index in [0.29, 0.717) is 11.3 Å². The van der Waals surface area contributed by atoms with Crippen molar-refractivity contribution in [2.24, 2.45) is 17.3 Å². The van der Waals surface area contributed by atoms with E-state index in [0.717, 1.165) is 18.4 Å². The van der Waals surface area contributed by atoms with Crippen LogP contribution in [0.5, 0.6) is 5.88 Å². The van der Waals surface area contributed by atoms with Crippen LogP contribution in [0, 0.1) is 24.2 Å². The zero-order valence-corrected chi connectivity index (χ0v) is 12.1. The highest BCUT2D eigenvalue weighted by Crippen LogP contribution is 2.48. The molecule has 0 radical (unpaired) electrons. The van der Waals surface area contributed by atoms with Gasteiger partial charge in [-0.05, 0) is 48.6 Å². The minimum atomic E-state index is 0.434. The van der Waals surface area contributed by atoms with Gasteiger partial charge >= 0.3 is 0 Å². The summed E-state index contributed by atoms with van der Waals surface area (Å²) in [7, 11) is 0. The number of rotatable bonds is 4. The number of aromatic nitrogens is 1. The Morgan fingerprint density at radius 2 is 2.28 bits per heavy atom. The van der Waals surface area contributed by atoms with Gasteiger partial charge in [0.05, 0.1) is 6.61 Å². The Morgan fingerprint density at radius 3 is 2.94 bits per heavy atom. The normalized spacial score (nSPS) is 27.7. The average Bonchev–Trinajstić information content (AvgIpc) is 2.70. The lowest BCUT2D eigenvalue weighted by Gasteiger charge is -2.35.